The molecule has 68 valence electrons. The average molecular weight is 179 g/mol. The van der Waals surface area contributed by atoms with Crippen molar-refractivity contribution in [2.75, 3.05) is 5.73 Å². The lowest BCUT2D eigenvalue weighted by Gasteiger charge is -1.97. The molecular weight excluding hydrogens is 170 g/mol. The molecule has 2 heterocycles. The molecule has 0 amide bonds. The van der Waals surface area contributed by atoms with Gasteiger partial charge in [0.25, 0.3) is 0 Å². The molecule has 0 unspecified atom stereocenters. The van der Waals surface area contributed by atoms with Gasteiger partial charge < -0.3 is 10.7 Å². The molecule has 0 atom stereocenters. The quantitative estimate of drug-likeness (QED) is 0.581. The van der Waals surface area contributed by atoms with Gasteiger partial charge in [-0.2, -0.15) is 5.10 Å². The van der Waals surface area contributed by atoms with E-state index >= 15 is 0 Å². The van der Waals surface area contributed by atoms with Crippen molar-refractivity contribution < 1.29 is 0 Å². The van der Waals surface area contributed by atoms with Crippen LogP contribution >= 0.6 is 0 Å². The second-order valence-corrected chi connectivity index (χ2v) is 2.70. The van der Waals surface area contributed by atoms with Crippen LogP contribution in [0.15, 0.2) is 23.4 Å². The first-order chi connectivity index (χ1) is 6.27. The Balaban J connectivity index is 2.29. The third-order valence-corrected chi connectivity index (χ3v) is 1.81. The van der Waals surface area contributed by atoms with E-state index in [4.69, 9.17) is 5.73 Å². The van der Waals surface area contributed by atoms with Crippen molar-refractivity contribution in [3.63, 3.8) is 0 Å². The van der Waals surface area contributed by atoms with E-state index in [0.29, 0.717) is 12.4 Å². The van der Waals surface area contributed by atoms with Gasteiger partial charge in [-0.3, -0.25) is 9.67 Å². The van der Waals surface area contributed by atoms with Gasteiger partial charge >= 0.3 is 5.69 Å². The Morgan fingerprint density at radius 3 is 3.00 bits per heavy atom. The zero-order valence-electron chi connectivity index (χ0n) is 6.82. The lowest BCUT2D eigenvalue weighted by molar-refractivity contribution is 0.764. The summed E-state index contributed by atoms with van der Waals surface area (Å²) in [6, 6.07) is 0. The number of nitrogen functional groups attached to an aromatic ring is 1. The number of aromatic amines is 2. The molecule has 2 aromatic rings. The molecule has 0 saturated carbocycles. The van der Waals surface area contributed by atoms with Gasteiger partial charge in [-0.25, -0.2) is 4.79 Å². The summed E-state index contributed by atoms with van der Waals surface area (Å²) in [6.45, 7) is 0.435. The summed E-state index contributed by atoms with van der Waals surface area (Å²) in [7, 11) is 0. The summed E-state index contributed by atoms with van der Waals surface area (Å²) in [6.07, 6.45) is 4.85. The number of anilines is 1. The standard InChI is InChI=1S/C7H9N5O/c8-6-5(3-10-11-6)4-12-2-1-9-7(12)13/h1-3H,4H2,(H,9,13)(H3,8,10,11). The fourth-order valence-electron chi connectivity index (χ4n) is 1.10. The first kappa shape index (κ1) is 7.66. The highest BCUT2D eigenvalue weighted by molar-refractivity contribution is 5.36. The van der Waals surface area contributed by atoms with Crippen molar-refractivity contribution in [2.24, 2.45) is 0 Å². The molecule has 6 nitrogen and oxygen atoms in total. The van der Waals surface area contributed by atoms with E-state index in [1.54, 1.807) is 18.6 Å². The predicted molar refractivity (Wildman–Crippen MR) is 47.2 cm³/mol. The van der Waals surface area contributed by atoms with Crippen molar-refractivity contribution in [2.45, 2.75) is 6.54 Å². The van der Waals surface area contributed by atoms with Crippen LogP contribution in [0, 0.1) is 0 Å². The molecule has 0 radical (unpaired) electrons. The fourth-order valence-corrected chi connectivity index (χ4v) is 1.10. The summed E-state index contributed by atoms with van der Waals surface area (Å²) in [5, 5.41) is 6.36. The second-order valence-electron chi connectivity index (χ2n) is 2.70. The Morgan fingerprint density at radius 1 is 1.62 bits per heavy atom. The van der Waals surface area contributed by atoms with Crippen LogP contribution in [0.4, 0.5) is 5.82 Å². The third-order valence-electron chi connectivity index (χ3n) is 1.81. The van der Waals surface area contributed by atoms with Crippen molar-refractivity contribution in [1.82, 2.24) is 19.7 Å². The Morgan fingerprint density at radius 2 is 2.46 bits per heavy atom. The summed E-state index contributed by atoms with van der Waals surface area (Å²) in [5.74, 6) is 0.494. The van der Waals surface area contributed by atoms with Gasteiger partial charge in [-0.1, -0.05) is 0 Å². The van der Waals surface area contributed by atoms with Crippen molar-refractivity contribution >= 4 is 5.82 Å². The largest absolute Gasteiger partial charge is 0.384 e. The average Bonchev–Trinajstić information content (AvgIpc) is 2.65. The van der Waals surface area contributed by atoms with Crippen LogP contribution in [0.2, 0.25) is 0 Å². The van der Waals surface area contributed by atoms with E-state index in [9.17, 15) is 4.79 Å². The number of H-pyrrole nitrogens is 2. The van der Waals surface area contributed by atoms with Crippen LogP contribution < -0.4 is 11.4 Å². The molecule has 0 aliphatic heterocycles. The molecule has 2 rings (SSSR count). The number of rotatable bonds is 2. The van der Waals surface area contributed by atoms with Gasteiger partial charge in [0, 0.05) is 18.0 Å². The molecule has 0 aliphatic rings. The Labute approximate surface area is 73.4 Å². The number of hydrogen-bond acceptors (Lipinski definition) is 3. The minimum atomic E-state index is -0.152. The van der Waals surface area contributed by atoms with Gasteiger partial charge in [0.15, 0.2) is 0 Å². The van der Waals surface area contributed by atoms with Crippen LogP contribution in [-0.2, 0) is 6.54 Å². The second kappa shape index (κ2) is 2.81. The molecular formula is C7H9N5O. The Kier molecular flexibility index (Phi) is 1.66. The van der Waals surface area contributed by atoms with Gasteiger partial charge in [-0.15, -0.1) is 0 Å². The van der Waals surface area contributed by atoms with E-state index in [1.807, 2.05) is 0 Å². The van der Waals surface area contributed by atoms with Crippen molar-refractivity contribution in [3.05, 3.63) is 34.6 Å². The molecule has 6 heteroatoms. The molecule has 0 fully saturated rings. The van der Waals surface area contributed by atoms with E-state index in [2.05, 4.69) is 15.2 Å². The number of aromatic nitrogens is 4. The molecule has 0 spiro atoms. The highest BCUT2D eigenvalue weighted by Gasteiger charge is 2.03. The number of nitrogens with zero attached hydrogens (tertiary/aromatic N) is 2. The van der Waals surface area contributed by atoms with Crippen molar-refractivity contribution in [1.29, 1.82) is 0 Å². The molecule has 4 N–H and O–H groups in total. The van der Waals surface area contributed by atoms with Gasteiger partial charge in [0.05, 0.1) is 12.7 Å². The SMILES string of the molecule is Nc1[nH]ncc1Cn1cc[nH]c1=O. The number of nitrogens with two attached hydrogens (primary N) is 1. The summed E-state index contributed by atoms with van der Waals surface area (Å²) < 4.78 is 1.52. The topological polar surface area (TPSA) is 92.5 Å². The van der Waals surface area contributed by atoms with Crippen LogP contribution in [0.25, 0.3) is 0 Å². The fraction of sp³-hybridized carbons (Fsp3) is 0.143. The molecule has 0 aliphatic carbocycles. The number of hydrogen-bond donors (Lipinski definition) is 3. The molecule has 0 aromatic carbocycles. The lowest BCUT2D eigenvalue weighted by Crippen LogP contribution is -2.16. The Hall–Kier alpha value is -1.98. The maximum atomic E-state index is 11.1. The molecule has 0 saturated heterocycles. The van der Waals surface area contributed by atoms with E-state index < -0.39 is 0 Å². The smallest absolute Gasteiger partial charge is 0.325 e. The van der Waals surface area contributed by atoms with Gasteiger partial charge in [0.2, 0.25) is 0 Å². The molecule has 0 bridgehead atoms. The zero-order valence-corrected chi connectivity index (χ0v) is 6.82. The van der Waals surface area contributed by atoms with Crippen LogP contribution in [0.1, 0.15) is 5.56 Å². The first-order valence-corrected chi connectivity index (χ1v) is 3.79. The summed E-state index contributed by atoms with van der Waals surface area (Å²) in [5.41, 5.74) is 6.22. The van der Waals surface area contributed by atoms with Gasteiger partial charge in [-0.05, 0) is 0 Å². The van der Waals surface area contributed by atoms with Crippen molar-refractivity contribution in [3.8, 4) is 0 Å². The monoisotopic (exact) mass is 179 g/mol. The van der Waals surface area contributed by atoms with E-state index in [0.717, 1.165) is 5.56 Å². The van der Waals surface area contributed by atoms with E-state index in [1.165, 1.54) is 4.57 Å². The van der Waals surface area contributed by atoms with E-state index in [-0.39, 0.29) is 5.69 Å². The van der Waals surface area contributed by atoms with Gasteiger partial charge in [0.1, 0.15) is 5.82 Å². The predicted octanol–water partition coefficient (Wildman–Crippen LogP) is -0.470. The highest BCUT2D eigenvalue weighted by atomic mass is 16.1. The maximum Gasteiger partial charge on any atom is 0.325 e. The lowest BCUT2D eigenvalue weighted by atomic mass is 10.3. The third kappa shape index (κ3) is 1.33. The molecule has 13 heavy (non-hydrogen) atoms. The van der Waals surface area contributed by atoms with Crippen LogP contribution in [-0.4, -0.2) is 19.7 Å². The number of imidazole rings is 1. The number of nitrogens with one attached hydrogen (secondary N) is 2. The molecule has 2 aromatic heterocycles. The maximum absolute atomic E-state index is 11.1. The summed E-state index contributed by atoms with van der Waals surface area (Å²) in [4.78, 5) is 13.6. The minimum Gasteiger partial charge on any atom is -0.384 e. The normalized spacial score (nSPS) is 10.5. The Bertz CT molecular complexity index is 451. The minimum absolute atomic E-state index is 0.152. The van der Waals surface area contributed by atoms with Crippen LogP contribution in [0.5, 0.6) is 0 Å². The first-order valence-electron chi connectivity index (χ1n) is 3.79. The zero-order chi connectivity index (χ0) is 9.26. The summed E-state index contributed by atoms with van der Waals surface area (Å²) >= 11 is 0. The highest BCUT2D eigenvalue weighted by Crippen LogP contribution is 2.06. The van der Waals surface area contributed by atoms with Crippen LogP contribution in [0.3, 0.4) is 0 Å².